The minimum atomic E-state index is -1.91. The molecule has 6 atom stereocenters. The van der Waals surface area contributed by atoms with E-state index in [1.807, 2.05) is 6.08 Å². The molecule has 178 valence electrons. The lowest BCUT2D eigenvalue weighted by molar-refractivity contribution is -0.140. The summed E-state index contributed by atoms with van der Waals surface area (Å²) in [5, 5.41) is 11.2. The quantitative estimate of drug-likeness (QED) is 0.389. The fraction of sp³-hybridized carbons (Fsp3) is 0.440. The van der Waals surface area contributed by atoms with Crippen LogP contribution in [0.25, 0.3) is 0 Å². The third-order valence-electron chi connectivity index (χ3n) is 8.06. The van der Waals surface area contributed by atoms with Gasteiger partial charge in [0.2, 0.25) is 11.8 Å². The highest BCUT2D eigenvalue weighted by molar-refractivity contribution is 6.53. The molecule has 9 heteroatoms. The molecule has 7 nitrogen and oxygen atoms in total. The number of rotatable bonds is 3. The number of nitrogens with zero attached hydrogens (tertiary/aromatic N) is 2. The van der Waals surface area contributed by atoms with E-state index in [-0.39, 0.29) is 24.0 Å². The van der Waals surface area contributed by atoms with E-state index in [0.717, 1.165) is 9.80 Å². The zero-order valence-electron chi connectivity index (χ0n) is 18.8. The normalized spacial score (nSPS) is 36.9. The summed E-state index contributed by atoms with van der Waals surface area (Å²) in [6.45, 7) is 3.72. The molecule has 2 saturated heterocycles. The minimum absolute atomic E-state index is 0.0591. The number of amides is 4. The number of para-hydroxylation sites is 1. The number of hydrogen-bond acceptors (Lipinski definition) is 5. The summed E-state index contributed by atoms with van der Waals surface area (Å²) in [5.41, 5.74) is 1.60. The van der Waals surface area contributed by atoms with Gasteiger partial charge in [-0.15, -0.1) is 29.8 Å². The molecule has 4 amide bonds. The number of allylic oxidation sites excluding steroid dienone is 3. The van der Waals surface area contributed by atoms with E-state index in [1.54, 1.807) is 24.3 Å². The summed E-state index contributed by atoms with van der Waals surface area (Å²) < 4.78 is 0. The van der Waals surface area contributed by atoms with Gasteiger partial charge < -0.3 is 5.11 Å². The first-order chi connectivity index (χ1) is 16.0. The lowest BCUT2D eigenvalue weighted by atomic mass is 9.56. The molecule has 0 unspecified atom stereocenters. The van der Waals surface area contributed by atoms with Crippen LogP contribution in [-0.4, -0.2) is 62.4 Å². The number of carbonyl (C=O) groups excluding carboxylic acids is 4. The third-order valence-corrected chi connectivity index (χ3v) is 9.47. The number of benzene rings is 1. The van der Waals surface area contributed by atoms with Gasteiger partial charge in [0, 0.05) is 25.6 Å². The van der Waals surface area contributed by atoms with Crippen molar-refractivity contribution in [3.63, 3.8) is 0 Å². The van der Waals surface area contributed by atoms with Crippen molar-refractivity contribution < 1.29 is 24.3 Å². The summed E-state index contributed by atoms with van der Waals surface area (Å²) in [6, 6.07) is 5.14. The molecular formula is C25H24Cl2N2O5. The van der Waals surface area contributed by atoms with Crippen LogP contribution < -0.4 is 0 Å². The first kappa shape index (κ1) is 23.1. The van der Waals surface area contributed by atoms with E-state index in [4.69, 9.17) is 23.2 Å². The van der Waals surface area contributed by atoms with Gasteiger partial charge in [0.1, 0.15) is 5.75 Å². The van der Waals surface area contributed by atoms with Gasteiger partial charge in [-0.25, -0.2) is 0 Å². The molecule has 5 rings (SSSR count). The monoisotopic (exact) mass is 502 g/mol. The Labute approximate surface area is 207 Å². The number of halogens is 2. The van der Waals surface area contributed by atoms with Crippen LogP contribution in [0.4, 0.5) is 0 Å². The average molecular weight is 503 g/mol. The van der Waals surface area contributed by atoms with E-state index < -0.39 is 45.2 Å². The van der Waals surface area contributed by atoms with Gasteiger partial charge in [-0.1, -0.05) is 35.9 Å². The van der Waals surface area contributed by atoms with Crippen molar-refractivity contribution >= 4 is 46.8 Å². The highest BCUT2D eigenvalue weighted by Gasteiger charge is 2.76. The number of aromatic hydroxyl groups is 1. The predicted molar refractivity (Wildman–Crippen MR) is 125 cm³/mol. The van der Waals surface area contributed by atoms with Gasteiger partial charge in [-0.3, -0.25) is 29.0 Å². The number of phenols is 1. The van der Waals surface area contributed by atoms with Crippen LogP contribution in [0.15, 0.2) is 42.5 Å². The fourth-order valence-electron chi connectivity index (χ4n) is 6.41. The van der Waals surface area contributed by atoms with E-state index in [2.05, 4.69) is 6.58 Å². The Morgan fingerprint density at radius 2 is 1.79 bits per heavy atom. The molecule has 1 aromatic rings. The Bertz CT molecular complexity index is 1210. The van der Waals surface area contributed by atoms with Crippen molar-refractivity contribution in [1.82, 2.24) is 9.80 Å². The molecule has 2 aliphatic heterocycles. The summed E-state index contributed by atoms with van der Waals surface area (Å²) in [7, 11) is 2.79. The molecule has 2 heterocycles. The van der Waals surface area contributed by atoms with Gasteiger partial charge in [0.05, 0.1) is 11.8 Å². The standard InChI is InChI=1S/C25H24Cl2N2O5/c1-4-6-12-7-5-8-15(19(12)30)18-13-9-10-14-17(21(32)28(2)20(14)31)16(13)11-24(26)22(33)29(3)23(34)25(18,24)27/h4-5,7-9,14,16-18,30H,1,6,10-11H2,2-3H3/t14-,16+,17-,18+,24+,25-/m0/s1. The Kier molecular flexibility index (Phi) is 5.05. The van der Waals surface area contributed by atoms with Crippen LogP contribution in [-0.2, 0) is 25.6 Å². The molecule has 0 aromatic heterocycles. The molecule has 0 spiro atoms. The highest BCUT2D eigenvalue weighted by Crippen LogP contribution is 2.66. The second-order valence-electron chi connectivity index (χ2n) is 9.58. The van der Waals surface area contributed by atoms with Crippen LogP contribution in [0, 0.1) is 17.8 Å². The summed E-state index contributed by atoms with van der Waals surface area (Å²) in [5.74, 6) is -4.77. The number of alkyl halides is 2. The number of imide groups is 2. The zero-order valence-corrected chi connectivity index (χ0v) is 20.3. The number of hydrogen-bond donors (Lipinski definition) is 1. The van der Waals surface area contributed by atoms with Crippen molar-refractivity contribution in [2.45, 2.75) is 34.9 Å². The molecule has 1 saturated carbocycles. The van der Waals surface area contributed by atoms with Crippen LogP contribution in [0.2, 0.25) is 0 Å². The van der Waals surface area contributed by atoms with Gasteiger partial charge in [-0.05, 0) is 30.7 Å². The number of fused-ring (bicyclic) bond motifs is 4. The maximum absolute atomic E-state index is 13.5. The molecular weight excluding hydrogens is 479 g/mol. The second kappa shape index (κ2) is 7.43. The summed E-state index contributed by atoms with van der Waals surface area (Å²) in [6.07, 6.45) is 4.11. The summed E-state index contributed by atoms with van der Waals surface area (Å²) in [4.78, 5) is 51.0. The van der Waals surface area contributed by atoms with E-state index in [9.17, 15) is 24.3 Å². The van der Waals surface area contributed by atoms with Crippen LogP contribution in [0.1, 0.15) is 29.9 Å². The van der Waals surface area contributed by atoms with Gasteiger partial charge in [-0.2, -0.15) is 0 Å². The maximum Gasteiger partial charge on any atom is 0.253 e. The molecule has 3 fully saturated rings. The van der Waals surface area contributed by atoms with E-state index >= 15 is 0 Å². The highest BCUT2D eigenvalue weighted by atomic mass is 35.5. The van der Waals surface area contributed by atoms with Crippen molar-refractivity contribution in [2.24, 2.45) is 17.8 Å². The SMILES string of the molecule is C=CCc1cccc([C@H]2C3=CC[C@@H]4C(=O)N(C)C(=O)[C@@H]4[C@@H]3C[C@@]3(Cl)C(=O)N(C)C(=O)[C@@]23Cl)c1O. The predicted octanol–water partition coefficient (Wildman–Crippen LogP) is 2.74. The van der Waals surface area contributed by atoms with Crippen LogP contribution in [0.3, 0.4) is 0 Å². The summed E-state index contributed by atoms with van der Waals surface area (Å²) >= 11 is 14.1. The lowest BCUT2D eigenvalue weighted by Crippen LogP contribution is -2.60. The third kappa shape index (κ3) is 2.60. The van der Waals surface area contributed by atoms with Crippen molar-refractivity contribution in [3.8, 4) is 5.75 Å². The Morgan fingerprint density at radius 3 is 2.47 bits per heavy atom. The van der Waals surface area contributed by atoms with Gasteiger partial charge >= 0.3 is 0 Å². The van der Waals surface area contributed by atoms with Crippen molar-refractivity contribution in [1.29, 1.82) is 0 Å². The smallest absolute Gasteiger partial charge is 0.253 e. The van der Waals surface area contributed by atoms with Gasteiger partial charge in [0.25, 0.3) is 11.8 Å². The fourth-order valence-corrected chi connectivity index (χ4v) is 7.42. The Hall–Kier alpha value is -2.64. The van der Waals surface area contributed by atoms with Crippen LogP contribution >= 0.6 is 23.2 Å². The van der Waals surface area contributed by atoms with E-state index in [1.165, 1.54) is 14.1 Å². The van der Waals surface area contributed by atoms with Crippen molar-refractivity contribution in [2.75, 3.05) is 14.1 Å². The lowest BCUT2D eigenvalue weighted by Gasteiger charge is -2.50. The molecule has 2 aliphatic carbocycles. The Morgan fingerprint density at radius 1 is 1.09 bits per heavy atom. The topological polar surface area (TPSA) is 95.0 Å². The number of likely N-dealkylation sites (tertiary alicyclic amines) is 2. The second-order valence-corrected chi connectivity index (χ2v) is 10.8. The number of carbonyl (C=O) groups is 4. The number of phenolic OH excluding ortho intramolecular Hbond substituents is 1. The molecule has 1 N–H and O–H groups in total. The molecule has 1 aromatic carbocycles. The average Bonchev–Trinajstić information content (AvgIpc) is 3.11. The Balaban J connectivity index is 1.77. The first-order valence-electron chi connectivity index (χ1n) is 11.1. The molecule has 34 heavy (non-hydrogen) atoms. The first-order valence-corrected chi connectivity index (χ1v) is 11.9. The largest absolute Gasteiger partial charge is 0.507 e. The maximum atomic E-state index is 13.5. The molecule has 4 aliphatic rings. The van der Waals surface area contributed by atoms with Crippen molar-refractivity contribution in [3.05, 3.63) is 53.6 Å². The van der Waals surface area contributed by atoms with E-state index in [0.29, 0.717) is 29.5 Å². The van der Waals surface area contributed by atoms with Gasteiger partial charge in [0.15, 0.2) is 9.75 Å². The van der Waals surface area contributed by atoms with Crippen LogP contribution in [0.5, 0.6) is 5.75 Å². The zero-order chi connectivity index (χ0) is 24.7. The minimum Gasteiger partial charge on any atom is -0.507 e. The molecule has 0 bridgehead atoms. The molecule has 0 radical (unpaired) electrons.